The Kier molecular flexibility index (Phi) is 5.59. The molecule has 0 spiro atoms. The van der Waals surface area contributed by atoms with E-state index >= 15 is 0 Å². The summed E-state index contributed by atoms with van der Waals surface area (Å²) in [6.45, 7) is 1.36. The molecule has 2 aromatic rings. The van der Waals surface area contributed by atoms with Gasteiger partial charge in [0.15, 0.2) is 5.82 Å². The Morgan fingerprint density at radius 2 is 1.90 bits per heavy atom. The lowest BCUT2D eigenvalue weighted by molar-refractivity contribution is -0.137. The first-order chi connectivity index (χ1) is 14.2. The van der Waals surface area contributed by atoms with E-state index in [2.05, 4.69) is 20.4 Å². The molecule has 3 N–H and O–H groups in total. The van der Waals surface area contributed by atoms with Crippen LogP contribution in [0, 0.1) is 0 Å². The van der Waals surface area contributed by atoms with E-state index in [4.69, 9.17) is 0 Å². The maximum Gasteiger partial charge on any atom is 0.416 e. The molecule has 1 aromatic carbocycles. The number of aliphatic hydroxyl groups is 1. The first kappa shape index (κ1) is 20.9. The molecule has 0 radical (unpaired) electrons. The maximum absolute atomic E-state index is 13.0. The van der Waals surface area contributed by atoms with Gasteiger partial charge >= 0.3 is 6.18 Å². The number of nitrogens with one attached hydrogen (secondary N) is 1. The Morgan fingerprint density at radius 3 is 2.60 bits per heavy atom. The molecule has 162 valence electrons. The van der Waals surface area contributed by atoms with Gasteiger partial charge in [-0.15, -0.1) is 10.2 Å². The first-order valence-corrected chi connectivity index (χ1v) is 10.2. The second-order valence-corrected chi connectivity index (χ2v) is 8.17. The minimum atomic E-state index is -4.53. The fourth-order valence-corrected chi connectivity index (χ4v) is 4.29. The molecule has 2 atom stereocenters. The van der Waals surface area contributed by atoms with E-state index in [-0.39, 0.29) is 11.6 Å². The van der Waals surface area contributed by atoms with Gasteiger partial charge in [-0.2, -0.15) is 13.2 Å². The van der Waals surface area contributed by atoms with Gasteiger partial charge in [-0.25, -0.2) is 0 Å². The second kappa shape index (κ2) is 8.03. The van der Waals surface area contributed by atoms with Gasteiger partial charge in [-0.05, 0) is 50.1 Å². The van der Waals surface area contributed by atoms with E-state index < -0.39 is 23.6 Å². The van der Waals surface area contributed by atoms with Gasteiger partial charge in [-0.3, -0.25) is 0 Å². The zero-order valence-corrected chi connectivity index (χ0v) is 16.7. The number of nitrogens with zero attached hydrogens (tertiary/aromatic N) is 3. The van der Waals surface area contributed by atoms with Crippen LogP contribution < -0.4 is 5.32 Å². The highest BCUT2D eigenvalue weighted by Gasteiger charge is 2.32. The zero-order chi connectivity index (χ0) is 21.5. The molecule has 1 aliphatic heterocycles. The van der Waals surface area contributed by atoms with Crippen LogP contribution in [0.3, 0.4) is 0 Å². The molecular formula is C21H25F3N4O2. The fourth-order valence-electron chi connectivity index (χ4n) is 4.29. The third kappa shape index (κ3) is 4.09. The number of aromatic hydroxyl groups is 1. The van der Waals surface area contributed by atoms with E-state index in [0.29, 0.717) is 24.5 Å². The number of hydrogen-bond donors (Lipinski definition) is 3. The first-order valence-electron chi connectivity index (χ1n) is 10.2. The number of hydrogen-bond acceptors (Lipinski definition) is 6. The van der Waals surface area contributed by atoms with Crippen molar-refractivity contribution in [2.75, 3.05) is 18.9 Å². The van der Waals surface area contributed by atoms with Crippen LogP contribution in [-0.4, -0.2) is 51.0 Å². The number of aliphatic hydroxyl groups excluding tert-OH is 1. The van der Waals surface area contributed by atoms with Gasteiger partial charge in [0, 0.05) is 24.2 Å². The van der Waals surface area contributed by atoms with E-state index in [1.165, 1.54) is 6.07 Å². The van der Waals surface area contributed by atoms with Crippen molar-refractivity contribution in [3.05, 3.63) is 34.9 Å². The summed E-state index contributed by atoms with van der Waals surface area (Å²) in [4.78, 5) is 2.13. The highest BCUT2D eigenvalue weighted by atomic mass is 19.4. The number of benzene rings is 1. The van der Waals surface area contributed by atoms with Crippen molar-refractivity contribution in [3.63, 3.8) is 0 Å². The summed E-state index contributed by atoms with van der Waals surface area (Å²) in [5, 5.41) is 32.5. The number of halogens is 3. The minimum absolute atomic E-state index is 0.102. The monoisotopic (exact) mass is 422 g/mol. The number of fused-ring (bicyclic) bond motifs is 1. The molecule has 1 fully saturated rings. The summed E-state index contributed by atoms with van der Waals surface area (Å²) in [5.41, 5.74) is 1.51. The average molecular weight is 422 g/mol. The van der Waals surface area contributed by atoms with Crippen LogP contribution >= 0.6 is 0 Å². The number of likely N-dealkylation sites (N-methyl/N-ethyl adjacent to an activating group) is 1. The Balaban J connectivity index is 1.73. The Labute approximate surface area is 172 Å². The summed E-state index contributed by atoms with van der Waals surface area (Å²) in [5.74, 6) is 0.126. The Hall–Kier alpha value is -2.39. The zero-order valence-electron chi connectivity index (χ0n) is 16.7. The largest absolute Gasteiger partial charge is 0.507 e. The molecular weight excluding hydrogens is 397 g/mol. The predicted octanol–water partition coefficient (Wildman–Crippen LogP) is 3.57. The molecule has 0 unspecified atom stereocenters. The Morgan fingerprint density at radius 1 is 1.13 bits per heavy atom. The SMILES string of the molecule is CN1CCc2c(-c3ccc(C(F)(F)F)cc3O)nnc(N[C@@H]3CCCC[C@H]3O)c2C1. The van der Waals surface area contributed by atoms with Crippen molar-refractivity contribution >= 4 is 5.82 Å². The second-order valence-electron chi connectivity index (χ2n) is 8.17. The van der Waals surface area contributed by atoms with Gasteiger partial charge in [0.05, 0.1) is 17.7 Å². The lowest BCUT2D eigenvalue weighted by Gasteiger charge is -2.32. The van der Waals surface area contributed by atoms with Gasteiger partial charge < -0.3 is 20.4 Å². The molecule has 1 aliphatic carbocycles. The molecule has 1 saturated carbocycles. The summed E-state index contributed by atoms with van der Waals surface area (Å²) in [6.07, 6.45) is -0.729. The van der Waals surface area contributed by atoms with Gasteiger partial charge in [0.25, 0.3) is 0 Å². The van der Waals surface area contributed by atoms with Crippen LogP contribution in [0.4, 0.5) is 19.0 Å². The molecule has 0 amide bonds. The summed E-state index contributed by atoms with van der Waals surface area (Å²) in [7, 11) is 1.98. The van der Waals surface area contributed by atoms with Crippen LogP contribution in [-0.2, 0) is 19.1 Å². The molecule has 0 saturated heterocycles. The quantitative estimate of drug-likeness (QED) is 0.702. The summed E-state index contributed by atoms with van der Waals surface area (Å²) in [6, 6.07) is 2.82. The van der Waals surface area contributed by atoms with E-state index in [1.807, 2.05) is 7.05 Å². The number of rotatable bonds is 3. The van der Waals surface area contributed by atoms with Crippen molar-refractivity contribution in [2.45, 2.75) is 57.0 Å². The molecule has 1 aromatic heterocycles. The van der Waals surface area contributed by atoms with Gasteiger partial charge in [0.2, 0.25) is 0 Å². The number of phenols is 1. The molecule has 6 nitrogen and oxygen atoms in total. The van der Waals surface area contributed by atoms with Crippen LogP contribution in [0.1, 0.15) is 42.4 Å². The van der Waals surface area contributed by atoms with Gasteiger partial charge in [0.1, 0.15) is 11.4 Å². The molecule has 4 rings (SSSR count). The van der Waals surface area contributed by atoms with Crippen LogP contribution in [0.15, 0.2) is 18.2 Å². The topological polar surface area (TPSA) is 81.5 Å². The smallest absolute Gasteiger partial charge is 0.416 e. The van der Waals surface area contributed by atoms with E-state index in [1.54, 1.807) is 0 Å². The van der Waals surface area contributed by atoms with Crippen molar-refractivity contribution in [2.24, 2.45) is 0 Å². The highest BCUT2D eigenvalue weighted by Crippen LogP contribution is 2.39. The lowest BCUT2D eigenvalue weighted by atomic mass is 9.91. The summed E-state index contributed by atoms with van der Waals surface area (Å²) < 4.78 is 38.9. The predicted molar refractivity (Wildman–Crippen MR) is 106 cm³/mol. The molecule has 30 heavy (non-hydrogen) atoms. The third-order valence-corrected chi connectivity index (χ3v) is 5.99. The number of phenolic OH excluding ortho intramolecular Hbond substituents is 1. The van der Waals surface area contributed by atoms with Crippen LogP contribution in [0.2, 0.25) is 0 Å². The number of aromatic nitrogens is 2. The fraction of sp³-hybridized carbons (Fsp3) is 0.524. The number of anilines is 1. The van der Waals surface area contributed by atoms with Crippen molar-refractivity contribution in [1.82, 2.24) is 15.1 Å². The van der Waals surface area contributed by atoms with Crippen LogP contribution in [0.5, 0.6) is 5.75 Å². The van der Waals surface area contributed by atoms with Gasteiger partial charge in [-0.1, -0.05) is 12.8 Å². The number of alkyl halides is 3. The standard InChI is InChI=1S/C21H25F3N4O2/c1-28-9-8-13-15(11-28)20(25-16-4-2-3-5-17(16)29)27-26-19(13)14-7-6-12(10-18(14)30)21(22,23)24/h6-7,10,16-17,29-30H,2-5,8-9,11H2,1H3,(H,25,27)/t16-,17-/m1/s1. The molecule has 2 aliphatic rings. The van der Waals surface area contributed by atoms with Crippen molar-refractivity contribution < 1.29 is 23.4 Å². The Bertz CT molecular complexity index is 935. The summed E-state index contributed by atoms with van der Waals surface area (Å²) >= 11 is 0. The molecule has 0 bridgehead atoms. The minimum Gasteiger partial charge on any atom is -0.507 e. The lowest BCUT2D eigenvalue weighted by Crippen LogP contribution is -2.38. The molecule has 2 heterocycles. The van der Waals surface area contributed by atoms with Crippen LogP contribution in [0.25, 0.3) is 11.3 Å². The third-order valence-electron chi connectivity index (χ3n) is 5.99. The average Bonchev–Trinajstić information content (AvgIpc) is 2.69. The maximum atomic E-state index is 13.0. The van der Waals surface area contributed by atoms with Crippen molar-refractivity contribution in [1.29, 1.82) is 0 Å². The van der Waals surface area contributed by atoms with E-state index in [9.17, 15) is 23.4 Å². The highest BCUT2D eigenvalue weighted by molar-refractivity contribution is 5.73. The molecule has 9 heteroatoms. The van der Waals surface area contributed by atoms with Crippen molar-refractivity contribution in [3.8, 4) is 17.0 Å². The normalized spacial score (nSPS) is 22.6. The van der Waals surface area contributed by atoms with E-state index in [0.717, 1.165) is 55.5 Å².